The maximum atomic E-state index is 13.3. The van der Waals surface area contributed by atoms with Crippen molar-refractivity contribution >= 4 is 5.91 Å². The van der Waals surface area contributed by atoms with Crippen molar-refractivity contribution in [3.05, 3.63) is 0 Å². The molecular weight excluding hydrogens is 288 g/mol. The fraction of sp³-hybridized carbons (Fsp3) is 0.941. The van der Waals surface area contributed by atoms with Gasteiger partial charge in [0, 0.05) is 38.5 Å². The standard InChI is InChI=1S/C17H27F2NO2/c1-16-9-10-20(14(16)4-3-13(11-16)22-2)15(21)12-5-7-17(18,19)8-6-12/h12-14H,3-11H2,1-2H3/t13-,14-,16+/m1/s1. The van der Waals surface area contributed by atoms with Crippen molar-refractivity contribution in [3.63, 3.8) is 0 Å². The summed E-state index contributed by atoms with van der Waals surface area (Å²) < 4.78 is 32.1. The molecule has 2 saturated carbocycles. The Balaban J connectivity index is 1.65. The normalized spacial score (nSPS) is 38.8. The molecule has 0 unspecified atom stereocenters. The van der Waals surface area contributed by atoms with E-state index in [0.29, 0.717) is 18.9 Å². The van der Waals surface area contributed by atoms with Crippen molar-refractivity contribution in [2.45, 2.75) is 76.4 Å². The van der Waals surface area contributed by atoms with E-state index in [2.05, 4.69) is 6.92 Å². The smallest absolute Gasteiger partial charge is 0.248 e. The summed E-state index contributed by atoms with van der Waals surface area (Å²) >= 11 is 0. The van der Waals surface area contributed by atoms with Crippen LogP contribution in [0, 0.1) is 11.3 Å². The molecule has 0 radical (unpaired) electrons. The molecule has 0 bridgehead atoms. The summed E-state index contributed by atoms with van der Waals surface area (Å²) in [6, 6.07) is 0.272. The number of halogens is 2. The SMILES string of the molecule is CO[C@@H]1CC[C@H]2N(C(=O)C3CCC(F)(F)CC3)CC[C@@]2(C)C1. The molecule has 3 rings (SSSR count). The van der Waals surface area contributed by atoms with E-state index in [1.54, 1.807) is 7.11 Å². The first-order valence-electron chi connectivity index (χ1n) is 8.56. The van der Waals surface area contributed by atoms with Gasteiger partial charge in [0.25, 0.3) is 0 Å². The van der Waals surface area contributed by atoms with Crippen molar-refractivity contribution in [2.24, 2.45) is 11.3 Å². The van der Waals surface area contributed by atoms with E-state index in [9.17, 15) is 13.6 Å². The Kier molecular flexibility index (Phi) is 4.21. The van der Waals surface area contributed by atoms with E-state index < -0.39 is 5.92 Å². The highest BCUT2D eigenvalue weighted by Gasteiger charge is 2.50. The van der Waals surface area contributed by atoms with Gasteiger partial charge in [0.1, 0.15) is 0 Å². The molecule has 0 N–H and O–H groups in total. The number of ether oxygens (including phenoxy) is 1. The summed E-state index contributed by atoms with van der Waals surface area (Å²) in [6.45, 7) is 3.04. The minimum atomic E-state index is -2.56. The van der Waals surface area contributed by atoms with Crippen molar-refractivity contribution < 1.29 is 18.3 Å². The van der Waals surface area contributed by atoms with E-state index in [-0.39, 0.29) is 36.1 Å². The van der Waals surface area contributed by atoms with Crippen LogP contribution in [0.1, 0.15) is 58.3 Å². The molecular formula is C17H27F2NO2. The lowest BCUT2D eigenvalue weighted by molar-refractivity contribution is -0.143. The number of carbonyl (C=O) groups excluding carboxylic acids is 1. The molecule has 3 atom stereocenters. The molecule has 0 spiro atoms. The van der Waals surface area contributed by atoms with Gasteiger partial charge in [-0.3, -0.25) is 4.79 Å². The lowest BCUT2D eigenvalue weighted by Gasteiger charge is -2.43. The van der Waals surface area contributed by atoms with Crippen LogP contribution in [-0.2, 0) is 9.53 Å². The molecule has 1 saturated heterocycles. The molecule has 0 aromatic rings. The quantitative estimate of drug-likeness (QED) is 0.779. The van der Waals surface area contributed by atoms with Crippen molar-refractivity contribution in [1.82, 2.24) is 4.90 Å². The zero-order valence-electron chi connectivity index (χ0n) is 13.6. The van der Waals surface area contributed by atoms with Crippen LogP contribution in [-0.4, -0.2) is 42.5 Å². The molecule has 5 heteroatoms. The van der Waals surface area contributed by atoms with Gasteiger partial charge < -0.3 is 9.64 Å². The molecule has 22 heavy (non-hydrogen) atoms. The summed E-state index contributed by atoms with van der Waals surface area (Å²) in [7, 11) is 1.76. The van der Waals surface area contributed by atoms with Gasteiger partial charge >= 0.3 is 0 Å². The fourth-order valence-corrected chi connectivity index (χ4v) is 4.77. The van der Waals surface area contributed by atoms with Crippen LogP contribution in [0.2, 0.25) is 0 Å². The monoisotopic (exact) mass is 315 g/mol. The van der Waals surface area contributed by atoms with Gasteiger partial charge in [0.2, 0.25) is 11.8 Å². The maximum absolute atomic E-state index is 13.3. The predicted molar refractivity (Wildman–Crippen MR) is 79.8 cm³/mol. The van der Waals surface area contributed by atoms with Crippen LogP contribution >= 0.6 is 0 Å². The second kappa shape index (κ2) is 5.73. The molecule has 3 fully saturated rings. The minimum Gasteiger partial charge on any atom is -0.381 e. The third-order valence-electron chi connectivity index (χ3n) is 6.24. The van der Waals surface area contributed by atoms with Gasteiger partial charge in [-0.1, -0.05) is 6.92 Å². The topological polar surface area (TPSA) is 29.5 Å². The molecule has 1 aliphatic heterocycles. The summed E-state index contributed by atoms with van der Waals surface area (Å²) in [5, 5.41) is 0. The van der Waals surface area contributed by atoms with E-state index in [0.717, 1.165) is 32.2 Å². The Morgan fingerprint density at radius 1 is 1.14 bits per heavy atom. The van der Waals surface area contributed by atoms with E-state index in [1.165, 1.54) is 0 Å². The number of rotatable bonds is 2. The lowest BCUT2D eigenvalue weighted by atomic mass is 9.70. The number of likely N-dealkylation sites (tertiary alicyclic amines) is 1. The second-order valence-electron chi connectivity index (χ2n) is 7.72. The minimum absolute atomic E-state index is 0.125. The average Bonchev–Trinajstić information content (AvgIpc) is 2.82. The Labute approximate surface area is 131 Å². The third kappa shape index (κ3) is 2.89. The predicted octanol–water partition coefficient (Wildman–Crippen LogP) is 3.62. The molecule has 3 aliphatic rings. The van der Waals surface area contributed by atoms with Gasteiger partial charge in [-0.05, 0) is 43.9 Å². The van der Waals surface area contributed by atoms with Crippen LogP contribution < -0.4 is 0 Å². The number of fused-ring (bicyclic) bond motifs is 1. The van der Waals surface area contributed by atoms with Crippen LogP contribution in [0.5, 0.6) is 0 Å². The number of hydrogen-bond donors (Lipinski definition) is 0. The average molecular weight is 315 g/mol. The number of nitrogens with zero attached hydrogens (tertiary/aromatic N) is 1. The number of alkyl halides is 2. The first-order valence-corrected chi connectivity index (χ1v) is 8.56. The Morgan fingerprint density at radius 2 is 1.82 bits per heavy atom. The van der Waals surface area contributed by atoms with Gasteiger partial charge in [-0.2, -0.15) is 0 Å². The van der Waals surface area contributed by atoms with Crippen molar-refractivity contribution in [2.75, 3.05) is 13.7 Å². The Morgan fingerprint density at radius 3 is 2.45 bits per heavy atom. The summed E-state index contributed by atoms with van der Waals surface area (Å²) in [6.07, 6.45) is 4.68. The molecule has 1 amide bonds. The number of methoxy groups -OCH3 is 1. The number of amides is 1. The molecule has 126 valence electrons. The zero-order valence-corrected chi connectivity index (χ0v) is 13.6. The fourth-order valence-electron chi connectivity index (χ4n) is 4.77. The number of carbonyl (C=O) groups is 1. The zero-order chi connectivity index (χ0) is 16.0. The van der Waals surface area contributed by atoms with Crippen molar-refractivity contribution in [3.8, 4) is 0 Å². The van der Waals surface area contributed by atoms with E-state index in [1.807, 2.05) is 4.90 Å². The summed E-state index contributed by atoms with van der Waals surface area (Å²) in [5.74, 6) is -2.63. The largest absolute Gasteiger partial charge is 0.381 e. The van der Waals surface area contributed by atoms with Gasteiger partial charge in [0.15, 0.2) is 0 Å². The Hall–Kier alpha value is -0.710. The lowest BCUT2D eigenvalue weighted by Crippen LogP contribution is -2.48. The van der Waals surface area contributed by atoms with E-state index in [4.69, 9.17) is 4.74 Å². The third-order valence-corrected chi connectivity index (χ3v) is 6.24. The number of hydrogen-bond acceptors (Lipinski definition) is 2. The molecule has 3 nitrogen and oxygen atoms in total. The maximum Gasteiger partial charge on any atom is 0.248 e. The summed E-state index contributed by atoms with van der Waals surface area (Å²) in [5.41, 5.74) is 0.132. The highest BCUT2D eigenvalue weighted by atomic mass is 19.3. The van der Waals surface area contributed by atoms with Gasteiger partial charge in [0.05, 0.1) is 6.10 Å². The summed E-state index contributed by atoms with van der Waals surface area (Å²) in [4.78, 5) is 14.8. The first kappa shape index (κ1) is 16.2. The molecule has 0 aromatic carbocycles. The van der Waals surface area contributed by atoms with Crippen LogP contribution in [0.3, 0.4) is 0 Å². The molecule has 2 aliphatic carbocycles. The van der Waals surface area contributed by atoms with Crippen LogP contribution in [0.4, 0.5) is 8.78 Å². The van der Waals surface area contributed by atoms with Crippen molar-refractivity contribution in [1.29, 1.82) is 0 Å². The van der Waals surface area contributed by atoms with Crippen LogP contribution in [0.15, 0.2) is 0 Å². The highest BCUT2D eigenvalue weighted by Crippen LogP contribution is 2.48. The first-order chi connectivity index (χ1) is 10.3. The van der Waals surface area contributed by atoms with Crippen LogP contribution in [0.25, 0.3) is 0 Å². The van der Waals surface area contributed by atoms with E-state index >= 15 is 0 Å². The molecule has 1 heterocycles. The second-order valence-corrected chi connectivity index (χ2v) is 7.72. The highest BCUT2D eigenvalue weighted by molar-refractivity contribution is 5.79. The Bertz CT molecular complexity index is 432. The molecule has 0 aromatic heterocycles. The van der Waals surface area contributed by atoms with Gasteiger partial charge in [-0.15, -0.1) is 0 Å². The van der Waals surface area contributed by atoms with Gasteiger partial charge in [-0.25, -0.2) is 8.78 Å².